The molecule has 0 aromatic heterocycles. The predicted molar refractivity (Wildman–Crippen MR) is 75.3 cm³/mol. The third kappa shape index (κ3) is 3.13. The van der Waals surface area contributed by atoms with Gasteiger partial charge >= 0.3 is 0 Å². The number of piperazine rings is 1. The average Bonchev–Trinajstić information content (AvgIpc) is 2.42. The van der Waals surface area contributed by atoms with E-state index in [4.69, 9.17) is 10.5 Å². The Hall–Kier alpha value is -2.57. The Morgan fingerprint density at radius 1 is 1.33 bits per heavy atom. The Balaban J connectivity index is 2.03. The molecule has 3 N–H and O–H groups in total. The maximum atomic E-state index is 12.2. The van der Waals surface area contributed by atoms with Gasteiger partial charge < -0.3 is 15.4 Å². The van der Waals surface area contributed by atoms with E-state index in [-0.39, 0.29) is 13.2 Å². The highest BCUT2D eigenvalue weighted by molar-refractivity contribution is 6.06. The summed E-state index contributed by atoms with van der Waals surface area (Å²) in [5.41, 5.74) is 5.06. The van der Waals surface area contributed by atoms with Crippen molar-refractivity contribution in [1.29, 1.82) is 0 Å². The minimum atomic E-state index is -1.09. The number of ether oxygens (including phenoxy) is 1. The molecule has 1 aliphatic heterocycles. The van der Waals surface area contributed by atoms with Gasteiger partial charge in [-0.3, -0.25) is 19.7 Å². The van der Waals surface area contributed by atoms with Crippen LogP contribution in [0.2, 0.25) is 0 Å². The van der Waals surface area contributed by atoms with Crippen molar-refractivity contribution in [3.8, 4) is 5.75 Å². The van der Waals surface area contributed by atoms with Crippen molar-refractivity contribution in [2.24, 2.45) is 0 Å². The Bertz CT molecular complexity index is 580. The molecule has 3 amide bonds. The second-order valence-corrected chi connectivity index (χ2v) is 5.27. The van der Waals surface area contributed by atoms with Gasteiger partial charge in [-0.1, -0.05) is 0 Å². The fraction of sp³-hybridized carbons (Fsp3) is 0.357. The standard InChI is InChI=1S/C14H17N3O4/c1-14(2)13(20)16-11(18)7-17(14)12(19)8-21-10-5-3-9(15)4-6-10/h3-6H,7-8,15H2,1-2H3,(H,16,18,20). The molecule has 0 saturated carbocycles. The monoisotopic (exact) mass is 291 g/mol. The van der Waals surface area contributed by atoms with Crippen molar-refractivity contribution in [2.45, 2.75) is 19.4 Å². The number of carbonyl (C=O) groups excluding carboxylic acids is 3. The van der Waals surface area contributed by atoms with Gasteiger partial charge in [0.25, 0.3) is 11.8 Å². The summed E-state index contributed by atoms with van der Waals surface area (Å²) in [5.74, 6) is -0.942. The molecule has 7 nitrogen and oxygen atoms in total. The minimum absolute atomic E-state index is 0.164. The molecule has 1 fully saturated rings. The number of hydrogen-bond acceptors (Lipinski definition) is 5. The predicted octanol–water partition coefficient (Wildman–Crippen LogP) is -0.0888. The van der Waals surface area contributed by atoms with Crippen LogP contribution in [0.1, 0.15) is 13.8 Å². The van der Waals surface area contributed by atoms with E-state index in [1.165, 1.54) is 4.90 Å². The van der Waals surface area contributed by atoms with E-state index in [9.17, 15) is 14.4 Å². The summed E-state index contributed by atoms with van der Waals surface area (Å²) in [5, 5.41) is 2.21. The Morgan fingerprint density at radius 2 is 1.95 bits per heavy atom. The van der Waals surface area contributed by atoms with Crippen molar-refractivity contribution in [1.82, 2.24) is 10.2 Å². The van der Waals surface area contributed by atoms with Crippen LogP contribution < -0.4 is 15.8 Å². The third-order valence-corrected chi connectivity index (χ3v) is 3.33. The smallest absolute Gasteiger partial charge is 0.261 e. The van der Waals surface area contributed by atoms with Gasteiger partial charge in [0.2, 0.25) is 5.91 Å². The zero-order valence-electron chi connectivity index (χ0n) is 11.9. The fourth-order valence-electron chi connectivity index (χ4n) is 1.97. The molecule has 1 saturated heterocycles. The Kier molecular flexibility index (Phi) is 3.84. The average molecular weight is 291 g/mol. The normalized spacial score (nSPS) is 17.3. The summed E-state index contributed by atoms with van der Waals surface area (Å²) in [6.07, 6.45) is 0. The van der Waals surface area contributed by atoms with Gasteiger partial charge in [-0.25, -0.2) is 0 Å². The fourth-order valence-corrected chi connectivity index (χ4v) is 1.97. The van der Waals surface area contributed by atoms with Crippen molar-refractivity contribution >= 4 is 23.4 Å². The van der Waals surface area contributed by atoms with Crippen LogP contribution in [0.25, 0.3) is 0 Å². The number of rotatable bonds is 3. The number of imide groups is 1. The number of hydrogen-bond donors (Lipinski definition) is 2. The van der Waals surface area contributed by atoms with Gasteiger partial charge in [-0.05, 0) is 38.1 Å². The van der Waals surface area contributed by atoms with Crippen LogP contribution in [-0.2, 0) is 14.4 Å². The quantitative estimate of drug-likeness (QED) is 0.598. The first-order valence-corrected chi connectivity index (χ1v) is 6.44. The van der Waals surface area contributed by atoms with Crippen LogP contribution in [-0.4, -0.2) is 41.3 Å². The molecule has 0 radical (unpaired) electrons. The lowest BCUT2D eigenvalue weighted by molar-refractivity contribution is -0.156. The van der Waals surface area contributed by atoms with E-state index < -0.39 is 23.3 Å². The second kappa shape index (κ2) is 5.43. The van der Waals surface area contributed by atoms with Gasteiger partial charge in [-0.2, -0.15) is 0 Å². The van der Waals surface area contributed by atoms with Gasteiger partial charge in [0.1, 0.15) is 17.8 Å². The number of nitrogens with zero attached hydrogens (tertiary/aromatic N) is 1. The highest BCUT2D eigenvalue weighted by Crippen LogP contribution is 2.19. The Labute approximate surface area is 122 Å². The first-order valence-electron chi connectivity index (χ1n) is 6.44. The largest absolute Gasteiger partial charge is 0.484 e. The number of nitrogens with two attached hydrogens (primary N) is 1. The lowest BCUT2D eigenvalue weighted by Gasteiger charge is -2.39. The summed E-state index contributed by atoms with van der Waals surface area (Å²) in [6.45, 7) is 2.74. The van der Waals surface area contributed by atoms with E-state index in [1.54, 1.807) is 38.1 Å². The summed E-state index contributed by atoms with van der Waals surface area (Å²) >= 11 is 0. The molecule has 7 heteroatoms. The highest BCUT2D eigenvalue weighted by atomic mass is 16.5. The molecule has 1 aliphatic rings. The summed E-state index contributed by atoms with van der Waals surface area (Å²) < 4.78 is 5.35. The molecular formula is C14H17N3O4. The van der Waals surface area contributed by atoms with Crippen LogP contribution >= 0.6 is 0 Å². The van der Waals surface area contributed by atoms with Crippen LogP contribution in [0.4, 0.5) is 5.69 Å². The Morgan fingerprint density at radius 3 is 2.57 bits per heavy atom. The molecule has 21 heavy (non-hydrogen) atoms. The minimum Gasteiger partial charge on any atom is -0.484 e. The van der Waals surface area contributed by atoms with Crippen molar-refractivity contribution in [2.75, 3.05) is 18.9 Å². The van der Waals surface area contributed by atoms with Crippen molar-refractivity contribution in [3.05, 3.63) is 24.3 Å². The third-order valence-electron chi connectivity index (χ3n) is 3.33. The zero-order chi connectivity index (χ0) is 15.6. The molecule has 1 heterocycles. The van der Waals surface area contributed by atoms with Crippen molar-refractivity contribution < 1.29 is 19.1 Å². The van der Waals surface area contributed by atoms with Crippen LogP contribution in [0.5, 0.6) is 5.75 Å². The number of nitrogens with one attached hydrogen (secondary N) is 1. The van der Waals surface area contributed by atoms with E-state index >= 15 is 0 Å². The molecule has 2 rings (SSSR count). The van der Waals surface area contributed by atoms with Gasteiger partial charge in [0.05, 0.1) is 0 Å². The van der Waals surface area contributed by atoms with Gasteiger partial charge in [-0.15, -0.1) is 0 Å². The van der Waals surface area contributed by atoms with Crippen LogP contribution in [0.15, 0.2) is 24.3 Å². The van der Waals surface area contributed by atoms with Crippen LogP contribution in [0.3, 0.4) is 0 Å². The molecule has 0 aliphatic carbocycles. The van der Waals surface area contributed by atoms with Gasteiger partial charge in [0, 0.05) is 5.69 Å². The van der Waals surface area contributed by atoms with E-state index in [1.807, 2.05) is 0 Å². The highest BCUT2D eigenvalue weighted by Gasteiger charge is 2.43. The van der Waals surface area contributed by atoms with E-state index in [2.05, 4.69) is 5.32 Å². The SMILES string of the molecule is CC1(C)C(=O)NC(=O)CN1C(=O)COc1ccc(N)cc1. The molecule has 112 valence electrons. The molecule has 0 unspecified atom stereocenters. The first kappa shape index (κ1) is 14.8. The number of nitrogen functional groups attached to an aromatic ring is 1. The molecular weight excluding hydrogens is 274 g/mol. The zero-order valence-corrected chi connectivity index (χ0v) is 11.9. The lowest BCUT2D eigenvalue weighted by Crippen LogP contribution is -2.66. The summed E-state index contributed by atoms with van der Waals surface area (Å²) in [6, 6.07) is 6.59. The number of amides is 3. The second-order valence-electron chi connectivity index (χ2n) is 5.27. The maximum absolute atomic E-state index is 12.2. The molecule has 0 atom stereocenters. The molecule has 0 bridgehead atoms. The number of carbonyl (C=O) groups is 3. The number of anilines is 1. The first-order chi connectivity index (χ1) is 9.80. The van der Waals surface area contributed by atoms with Crippen LogP contribution in [0, 0.1) is 0 Å². The number of benzene rings is 1. The molecule has 1 aromatic carbocycles. The maximum Gasteiger partial charge on any atom is 0.261 e. The lowest BCUT2D eigenvalue weighted by atomic mass is 9.98. The van der Waals surface area contributed by atoms with E-state index in [0.717, 1.165) is 0 Å². The van der Waals surface area contributed by atoms with Crippen molar-refractivity contribution in [3.63, 3.8) is 0 Å². The molecule has 0 spiro atoms. The summed E-state index contributed by atoms with van der Waals surface area (Å²) in [7, 11) is 0. The van der Waals surface area contributed by atoms with Gasteiger partial charge in [0.15, 0.2) is 6.61 Å². The topological polar surface area (TPSA) is 102 Å². The van der Waals surface area contributed by atoms with E-state index in [0.29, 0.717) is 11.4 Å². The summed E-state index contributed by atoms with van der Waals surface area (Å²) in [4.78, 5) is 36.6. The molecule has 1 aromatic rings.